The summed E-state index contributed by atoms with van der Waals surface area (Å²) >= 11 is 0. The van der Waals surface area contributed by atoms with Crippen LogP contribution in [0.4, 0.5) is 0 Å². The normalized spacial score (nSPS) is 22.2. The van der Waals surface area contributed by atoms with Crippen LogP contribution in [0.2, 0.25) is 0 Å². The van der Waals surface area contributed by atoms with Crippen LogP contribution in [0.3, 0.4) is 0 Å². The lowest BCUT2D eigenvalue weighted by atomic mass is 9.97. The number of benzene rings is 1. The lowest BCUT2D eigenvalue weighted by molar-refractivity contribution is 0.0808. The van der Waals surface area contributed by atoms with E-state index >= 15 is 0 Å². The van der Waals surface area contributed by atoms with Crippen LogP contribution in [0.25, 0.3) is 0 Å². The maximum atomic E-state index is 5.76. The standard InChI is InChI=1S/C14H21NO/c1-11-6-3-4-7-12(11)10-13(15-2)14-8-5-9-16-14/h3-4,6-7,13-15H,5,8-10H2,1-2H3/t13-,14-/m1/s1. The SMILES string of the molecule is CN[C@H](Cc1ccccc1C)[C@H]1CCCO1. The third-order valence-corrected chi connectivity index (χ3v) is 3.49. The van der Waals surface area contributed by atoms with E-state index in [2.05, 4.69) is 36.5 Å². The fourth-order valence-electron chi connectivity index (χ4n) is 2.42. The van der Waals surface area contributed by atoms with Crippen molar-refractivity contribution in [2.45, 2.75) is 38.3 Å². The van der Waals surface area contributed by atoms with Gasteiger partial charge in [-0.3, -0.25) is 0 Å². The smallest absolute Gasteiger partial charge is 0.0732 e. The zero-order valence-electron chi connectivity index (χ0n) is 10.2. The van der Waals surface area contributed by atoms with Crippen LogP contribution in [-0.2, 0) is 11.2 Å². The van der Waals surface area contributed by atoms with E-state index in [1.54, 1.807) is 0 Å². The van der Waals surface area contributed by atoms with Gasteiger partial charge in [-0.15, -0.1) is 0 Å². The highest BCUT2D eigenvalue weighted by molar-refractivity contribution is 5.26. The highest BCUT2D eigenvalue weighted by atomic mass is 16.5. The van der Waals surface area contributed by atoms with Gasteiger partial charge in [0, 0.05) is 12.6 Å². The fraction of sp³-hybridized carbons (Fsp3) is 0.571. The van der Waals surface area contributed by atoms with Crippen molar-refractivity contribution in [3.8, 4) is 0 Å². The molecule has 0 bridgehead atoms. The molecular weight excluding hydrogens is 198 g/mol. The summed E-state index contributed by atoms with van der Waals surface area (Å²) in [6, 6.07) is 9.05. The molecule has 0 radical (unpaired) electrons. The molecule has 1 N–H and O–H groups in total. The van der Waals surface area contributed by atoms with Gasteiger partial charge < -0.3 is 10.1 Å². The molecule has 0 aliphatic carbocycles. The number of ether oxygens (including phenoxy) is 1. The van der Waals surface area contributed by atoms with E-state index in [0.717, 1.165) is 13.0 Å². The number of likely N-dealkylation sites (N-methyl/N-ethyl adjacent to an activating group) is 1. The average molecular weight is 219 g/mol. The molecule has 0 aromatic heterocycles. The highest BCUT2D eigenvalue weighted by Gasteiger charge is 2.24. The van der Waals surface area contributed by atoms with Crippen molar-refractivity contribution in [3.63, 3.8) is 0 Å². The first kappa shape index (κ1) is 11.6. The molecule has 2 rings (SSSR count). The third kappa shape index (κ3) is 2.63. The maximum absolute atomic E-state index is 5.76. The van der Waals surface area contributed by atoms with Gasteiger partial charge in [0.05, 0.1) is 6.10 Å². The summed E-state index contributed by atoms with van der Waals surface area (Å²) in [6.45, 7) is 3.11. The van der Waals surface area contributed by atoms with E-state index in [1.807, 2.05) is 7.05 Å². The first-order chi connectivity index (χ1) is 7.81. The minimum atomic E-state index is 0.393. The van der Waals surface area contributed by atoms with Crippen LogP contribution in [0.15, 0.2) is 24.3 Å². The Morgan fingerprint density at radius 2 is 2.25 bits per heavy atom. The van der Waals surface area contributed by atoms with E-state index in [9.17, 15) is 0 Å². The number of hydrogen-bond donors (Lipinski definition) is 1. The Hall–Kier alpha value is -0.860. The molecule has 0 amide bonds. The van der Waals surface area contributed by atoms with E-state index in [-0.39, 0.29) is 0 Å². The second-order valence-corrected chi connectivity index (χ2v) is 4.58. The lowest BCUT2D eigenvalue weighted by Gasteiger charge is -2.23. The van der Waals surface area contributed by atoms with Gasteiger partial charge in [-0.2, -0.15) is 0 Å². The van der Waals surface area contributed by atoms with Gasteiger partial charge >= 0.3 is 0 Å². The fourth-order valence-corrected chi connectivity index (χ4v) is 2.42. The predicted octanol–water partition coefficient (Wildman–Crippen LogP) is 2.30. The molecule has 0 spiro atoms. The second-order valence-electron chi connectivity index (χ2n) is 4.58. The molecule has 16 heavy (non-hydrogen) atoms. The van der Waals surface area contributed by atoms with E-state index in [0.29, 0.717) is 12.1 Å². The van der Waals surface area contributed by atoms with Crippen LogP contribution in [0, 0.1) is 6.92 Å². The number of nitrogens with one attached hydrogen (secondary N) is 1. The summed E-state index contributed by atoms with van der Waals surface area (Å²) in [7, 11) is 2.03. The summed E-state index contributed by atoms with van der Waals surface area (Å²) in [5, 5.41) is 3.39. The van der Waals surface area contributed by atoms with Crippen LogP contribution >= 0.6 is 0 Å². The monoisotopic (exact) mass is 219 g/mol. The van der Waals surface area contributed by atoms with Gasteiger partial charge in [-0.25, -0.2) is 0 Å². The topological polar surface area (TPSA) is 21.3 Å². The minimum Gasteiger partial charge on any atom is -0.377 e. The zero-order valence-corrected chi connectivity index (χ0v) is 10.2. The number of hydrogen-bond acceptors (Lipinski definition) is 2. The number of aryl methyl sites for hydroxylation is 1. The lowest BCUT2D eigenvalue weighted by Crippen LogP contribution is -2.39. The second kappa shape index (κ2) is 5.46. The molecule has 1 fully saturated rings. The summed E-state index contributed by atoms with van der Waals surface area (Å²) in [5.74, 6) is 0. The predicted molar refractivity (Wildman–Crippen MR) is 66.7 cm³/mol. The highest BCUT2D eigenvalue weighted by Crippen LogP contribution is 2.19. The molecule has 1 heterocycles. The van der Waals surface area contributed by atoms with Gasteiger partial charge in [0.2, 0.25) is 0 Å². The molecule has 0 unspecified atom stereocenters. The van der Waals surface area contributed by atoms with Crippen LogP contribution < -0.4 is 5.32 Å². The van der Waals surface area contributed by atoms with Crippen molar-refractivity contribution < 1.29 is 4.74 Å². The van der Waals surface area contributed by atoms with Gasteiger partial charge in [0.1, 0.15) is 0 Å². The molecule has 2 heteroatoms. The minimum absolute atomic E-state index is 0.393. The molecule has 1 saturated heterocycles. The van der Waals surface area contributed by atoms with Crippen LogP contribution in [-0.4, -0.2) is 25.8 Å². The molecule has 2 atom stereocenters. The van der Waals surface area contributed by atoms with Gasteiger partial charge in [0.15, 0.2) is 0 Å². The van der Waals surface area contributed by atoms with Crippen molar-refractivity contribution in [2.24, 2.45) is 0 Å². The van der Waals surface area contributed by atoms with Crippen molar-refractivity contribution in [3.05, 3.63) is 35.4 Å². The molecule has 1 aromatic rings. The Labute approximate surface area is 98.0 Å². The first-order valence-corrected chi connectivity index (χ1v) is 6.14. The molecule has 88 valence electrons. The average Bonchev–Trinajstić information content (AvgIpc) is 2.81. The Bertz CT molecular complexity index is 331. The van der Waals surface area contributed by atoms with Crippen molar-refractivity contribution in [1.29, 1.82) is 0 Å². The molecular formula is C14H21NO. The van der Waals surface area contributed by atoms with Crippen molar-refractivity contribution >= 4 is 0 Å². The molecule has 2 nitrogen and oxygen atoms in total. The Morgan fingerprint density at radius 3 is 2.88 bits per heavy atom. The molecule has 0 saturated carbocycles. The van der Waals surface area contributed by atoms with Crippen LogP contribution in [0.1, 0.15) is 24.0 Å². The largest absolute Gasteiger partial charge is 0.377 e. The maximum Gasteiger partial charge on any atom is 0.0732 e. The van der Waals surface area contributed by atoms with Gasteiger partial charge in [-0.1, -0.05) is 24.3 Å². The van der Waals surface area contributed by atoms with E-state index in [4.69, 9.17) is 4.74 Å². The Morgan fingerprint density at radius 1 is 1.44 bits per heavy atom. The summed E-state index contributed by atoms with van der Waals surface area (Å²) in [6.07, 6.45) is 3.85. The van der Waals surface area contributed by atoms with E-state index in [1.165, 1.54) is 24.0 Å². The summed E-state index contributed by atoms with van der Waals surface area (Å²) in [5.41, 5.74) is 2.80. The number of rotatable bonds is 4. The van der Waals surface area contributed by atoms with Crippen LogP contribution in [0.5, 0.6) is 0 Å². The van der Waals surface area contributed by atoms with Crippen molar-refractivity contribution in [2.75, 3.05) is 13.7 Å². The quantitative estimate of drug-likeness (QED) is 0.839. The van der Waals surface area contributed by atoms with E-state index < -0.39 is 0 Å². The Kier molecular flexibility index (Phi) is 3.97. The zero-order chi connectivity index (χ0) is 11.4. The van der Waals surface area contributed by atoms with Gasteiger partial charge in [-0.05, 0) is 44.4 Å². The first-order valence-electron chi connectivity index (χ1n) is 6.14. The summed E-state index contributed by atoms with van der Waals surface area (Å²) in [4.78, 5) is 0. The van der Waals surface area contributed by atoms with Gasteiger partial charge in [0.25, 0.3) is 0 Å². The third-order valence-electron chi connectivity index (χ3n) is 3.49. The molecule has 1 aliphatic rings. The Balaban J connectivity index is 2.03. The molecule has 1 aliphatic heterocycles. The summed E-state index contributed by atoms with van der Waals surface area (Å²) < 4.78 is 5.76. The van der Waals surface area contributed by atoms with Crippen molar-refractivity contribution in [1.82, 2.24) is 5.32 Å². The molecule has 1 aromatic carbocycles.